The molecule has 116 heavy (non-hydrogen) atoms. The molecule has 1 aromatic rings. The number of carbonyl (C=O) groups is 3. The molecule has 3 rings (SSSR count). The topological polar surface area (TPSA) is 390 Å². The van der Waals surface area contributed by atoms with E-state index < -0.39 is 98.4 Å². The van der Waals surface area contributed by atoms with Gasteiger partial charge in [0.05, 0.1) is 43.0 Å². The van der Waals surface area contributed by atoms with Crippen molar-refractivity contribution in [3.63, 3.8) is 0 Å². The monoisotopic (exact) mass is 1710 g/mol. The van der Waals surface area contributed by atoms with Crippen LogP contribution in [0.15, 0.2) is 24.3 Å². The molecule has 2 heterocycles. The summed E-state index contributed by atoms with van der Waals surface area (Å²) in [6.07, 6.45) is 0.784. The second-order valence-electron chi connectivity index (χ2n) is 35.5. The molecule has 28 nitrogen and oxygen atoms in total. The highest BCUT2D eigenvalue weighted by Crippen LogP contribution is 2.27. The van der Waals surface area contributed by atoms with Crippen LogP contribution in [-0.4, -0.2) is 339 Å². The number of Topliss-reactive ketones (excluding diaryl/α,β-unsaturated/α-hetero) is 2. The Morgan fingerprint density at radius 2 is 0.940 bits per heavy atom. The summed E-state index contributed by atoms with van der Waals surface area (Å²) >= 11 is 0. The van der Waals surface area contributed by atoms with E-state index in [1.807, 2.05) is 47.1 Å². The molecule has 0 bridgehead atoms. The fourth-order valence-electron chi connectivity index (χ4n) is 11.6. The van der Waals surface area contributed by atoms with Crippen molar-refractivity contribution in [3.8, 4) is 5.75 Å². The van der Waals surface area contributed by atoms with Crippen LogP contribution in [0.2, 0.25) is 0 Å². The van der Waals surface area contributed by atoms with Gasteiger partial charge in [-0.25, -0.2) is 21.1 Å². The first-order chi connectivity index (χ1) is 53.3. The molecule has 1 aromatic carbocycles. The summed E-state index contributed by atoms with van der Waals surface area (Å²) in [5.41, 5.74) is 0.517. The first kappa shape index (κ1) is 119. The third-order valence-electron chi connectivity index (χ3n) is 20.0. The Labute approximate surface area is 705 Å². The number of ether oxygens (including phenoxy) is 4. The fourth-order valence-corrected chi connectivity index (χ4v) is 13.5. The number of hydrogen-bond acceptors (Lipinski definition) is 26. The highest BCUT2D eigenvalue weighted by atomic mass is 32.2. The lowest BCUT2D eigenvalue weighted by atomic mass is 9.96. The van der Waals surface area contributed by atoms with Crippen LogP contribution in [0.3, 0.4) is 0 Å². The van der Waals surface area contributed by atoms with Gasteiger partial charge in [0.25, 0.3) is 0 Å². The van der Waals surface area contributed by atoms with E-state index in [1.54, 1.807) is 19.2 Å². The zero-order chi connectivity index (χ0) is 89.2. The van der Waals surface area contributed by atoms with Crippen LogP contribution in [-0.2, 0) is 55.0 Å². The Bertz CT molecular complexity index is 2830. The molecule has 12 unspecified atom stereocenters. The number of rotatable bonds is 50. The number of ketones is 2. The average Bonchev–Trinajstić information content (AvgIpc) is 0.810. The number of carbonyl (C=O) groups excluding carboxylic acids is 3. The van der Waals surface area contributed by atoms with Gasteiger partial charge < -0.3 is 99.8 Å². The molecule has 0 aliphatic carbocycles. The summed E-state index contributed by atoms with van der Waals surface area (Å²) in [6, 6.07) is 7.35. The van der Waals surface area contributed by atoms with Crippen molar-refractivity contribution in [1.82, 2.24) is 34.1 Å². The van der Waals surface area contributed by atoms with Crippen LogP contribution >= 0.6 is 0 Å². The number of sulfone groups is 1. The smallest absolute Gasteiger partial charge is 0.229 e. The number of hydrogen-bond donors (Lipinski definition) is 11. The van der Waals surface area contributed by atoms with Crippen LogP contribution in [0.1, 0.15) is 234 Å². The second kappa shape index (κ2) is 64.7. The Balaban J connectivity index is -0.000000659. The number of aliphatic hydroxyl groups excluding tert-OH is 10. The van der Waals surface area contributed by atoms with E-state index in [9.17, 15) is 77.2 Å². The first-order valence-corrected chi connectivity index (χ1v) is 46.1. The molecular formula is C86H175N7O21S2. The number of nitrogens with zero attached hydrogens (tertiary/aromatic N) is 6. The lowest BCUT2D eigenvalue weighted by Gasteiger charge is -2.39. The van der Waals surface area contributed by atoms with Crippen LogP contribution in [0.4, 0.5) is 0 Å². The quantitative estimate of drug-likeness (QED) is 0.0275. The molecule has 692 valence electrons. The van der Waals surface area contributed by atoms with Gasteiger partial charge in [-0.15, -0.1) is 0 Å². The molecule has 2 fully saturated rings. The van der Waals surface area contributed by atoms with Crippen LogP contribution in [0.5, 0.6) is 5.75 Å². The number of sulfonamides is 1. The van der Waals surface area contributed by atoms with Crippen LogP contribution in [0, 0.1) is 40.9 Å². The SMILES string of the molecule is C.CC(=O)C1OC(OCCCN(C)CCC(C)C)C(O)C(O)C1O.CC(=O)C1OC(Oc2ccc(CN(C)CCC(C)C)cc2)C(O)C(O)C1O.CCC(CO)(CO)NC(=O)CCN(C)CCC(C)C.CCC(CO)CCCCS(=O)(=O)N(C)CCC(C)C.CCC(O)CCN(C)CCC(C)C.CN(CCCS(C)(=O)=O)CC(C)(C)C. The number of benzene rings is 1. The van der Waals surface area contributed by atoms with E-state index in [1.165, 1.54) is 30.8 Å². The Kier molecular flexibility index (Phi) is 66.5. The van der Waals surface area contributed by atoms with Gasteiger partial charge in [0.1, 0.15) is 64.4 Å². The maximum absolute atomic E-state index is 12.0. The van der Waals surface area contributed by atoms with E-state index in [-0.39, 0.29) is 50.4 Å². The van der Waals surface area contributed by atoms with Crippen LogP contribution in [0.25, 0.3) is 0 Å². The maximum Gasteiger partial charge on any atom is 0.229 e. The predicted octanol–water partition coefficient (Wildman–Crippen LogP) is 7.95. The predicted molar refractivity (Wildman–Crippen MR) is 468 cm³/mol. The lowest BCUT2D eigenvalue weighted by molar-refractivity contribution is -0.290. The molecule has 1 amide bonds. The molecule has 2 saturated heterocycles. The number of nitrogens with one attached hydrogen (secondary N) is 1. The molecule has 30 heteroatoms. The molecule has 11 N–H and O–H groups in total. The first-order valence-electron chi connectivity index (χ1n) is 42.4. The number of amides is 1. The average molecular weight is 1710 g/mol. The minimum absolute atomic E-state index is 0. The molecular weight excluding hydrogens is 1530 g/mol. The minimum Gasteiger partial charge on any atom is -0.462 e. The van der Waals surface area contributed by atoms with E-state index in [0.717, 1.165) is 141 Å². The minimum atomic E-state index is -3.10. The van der Waals surface area contributed by atoms with Crippen molar-refractivity contribution in [2.75, 3.05) is 152 Å². The number of aliphatic hydroxyl groups is 10. The summed E-state index contributed by atoms with van der Waals surface area (Å²) < 4.78 is 68.9. The third kappa shape index (κ3) is 58.9. The third-order valence-corrected chi connectivity index (χ3v) is 23.0. The maximum atomic E-state index is 12.0. The summed E-state index contributed by atoms with van der Waals surface area (Å²) in [4.78, 5) is 45.9. The molecule has 2 aliphatic rings. The van der Waals surface area contributed by atoms with E-state index in [2.05, 4.69) is 141 Å². The summed E-state index contributed by atoms with van der Waals surface area (Å²) in [6.45, 7) is 46.8. The van der Waals surface area contributed by atoms with Crippen molar-refractivity contribution >= 4 is 37.3 Å². The fraction of sp³-hybridized carbons (Fsp3) is 0.895. The Morgan fingerprint density at radius 1 is 0.517 bits per heavy atom. The van der Waals surface area contributed by atoms with Gasteiger partial charge in [-0.2, -0.15) is 0 Å². The lowest BCUT2D eigenvalue weighted by Crippen LogP contribution is -2.60. The van der Waals surface area contributed by atoms with Gasteiger partial charge in [0, 0.05) is 65.6 Å². The van der Waals surface area contributed by atoms with Gasteiger partial charge in [0.15, 0.2) is 17.9 Å². The second-order valence-corrected chi connectivity index (χ2v) is 40.0. The normalized spacial score (nSPS) is 20.5. The molecule has 0 radical (unpaired) electrons. The zero-order valence-electron chi connectivity index (χ0n) is 76.2. The largest absolute Gasteiger partial charge is 0.462 e. The standard InChI is InChI=1S/C20H31NO6.C16H31NO6.C14H30N2O3.C14H31NO3S.C11H25NO.C10H23NO2S.CH4/c1-12(2)9-10-21(4)11-14-5-7-15(8-6-14)26-20-18(25)16(23)17(24)19(27-20)13(3)22;1-10(2)6-8-17(4)7-5-9-22-16-14(21)12(19)13(20)15(23-16)11(3)18;1-5-14(10-17,11-18)15-13(19)7-9-16(4)8-6-12(2)3;1-5-14(12-16)8-6-7-11-19(17,18)15(4)10-9-13(2)3;1-5-11(13)7-9-12(4)8-6-10(2)3;1-10(2,3)9-11(4)7-6-8-14(5,12)13;/h5-8,12,16-20,23-25H,9-11H2,1-4H3;10,12-16,19-21H,5-9H2,1-4H3;12,17-18H,5-11H2,1-4H3,(H,15,19);13-14,16H,5-12H2,1-4H3;10-11,13H,5-9H2,1-4H3;6-9H2,1-5H3;1H4. The van der Waals surface area contributed by atoms with Gasteiger partial charge in [-0.1, -0.05) is 143 Å². The van der Waals surface area contributed by atoms with Gasteiger partial charge in [-0.3, -0.25) is 14.4 Å². The Morgan fingerprint density at radius 3 is 1.35 bits per heavy atom. The Hall–Kier alpha value is -3.03. The molecule has 0 saturated carbocycles. The van der Waals surface area contributed by atoms with Crippen molar-refractivity contribution in [1.29, 1.82) is 0 Å². The molecule has 12 atom stereocenters. The molecule has 2 aliphatic heterocycles. The van der Waals surface area contributed by atoms with E-state index in [4.69, 9.17) is 24.1 Å². The molecule has 0 aromatic heterocycles. The highest BCUT2D eigenvalue weighted by molar-refractivity contribution is 7.90. The van der Waals surface area contributed by atoms with Crippen LogP contribution < -0.4 is 10.1 Å². The van der Waals surface area contributed by atoms with Crippen molar-refractivity contribution in [2.24, 2.45) is 40.9 Å². The summed E-state index contributed by atoms with van der Waals surface area (Å²) in [7, 11) is 6.06. The van der Waals surface area contributed by atoms with Gasteiger partial charge >= 0.3 is 0 Å². The summed E-state index contributed by atoms with van der Waals surface area (Å²) in [5, 5.41) is 98.9. The van der Waals surface area contributed by atoms with Crippen molar-refractivity contribution < 1.29 is 101 Å². The van der Waals surface area contributed by atoms with Gasteiger partial charge in [0.2, 0.25) is 22.2 Å². The van der Waals surface area contributed by atoms with Crippen molar-refractivity contribution in [3.05, 3.63) is 29.8 Å². The summed E-state index contributed by atoms with van der Waals surface area (Å²) in [5.74, 6) is 3.59. The zero-order valence-corrected chi connectivity index (χ0v) is 77.8. The van der Waals surface area contributed by atoms with E-state index >= 15 is 0 Å². The van der Waals surface area contributed by atoms with E-state index in [0.29, 0.717) is 80.1 Å². The highest BCUT2D eigenvalue weighted by Gasteiger charge is 2.48. The molecule has 0 spiro atoms. The van der Waals surface area contributed by atoms with Crippen molar-refractivity contribution in [2.45, 2.75) is 308 Å². The van der Waals surface area contributed by atoms with Gasteiger partial charge in [-0.05, 0) is 217 Å². The number of unbranched alkanes of at least 4 members (excludes halogenated alkanes) is 1.